The van der Waals surface area contributed by atoms with Gasteiger partial charge in [-0.15, -0.1) is 11.3 Å². The van der Waals surface area contributed by atoms with Gasteiger partial charge in [-0.1, -0.05) is 17.7 Å². The standard InChI is InChI=1S/C26H25N3O3S/c1-15-9-10-20-19(12-15)16(2)23(32-20)25(31)29-26-22(18-7-3-4-8-21(18)33-26)24(30)28-14-17-6-5-11-27-13-17/h5-6,9-13H,3-4,7-8,14H2,1-2H3,(H,28,30)(H,29,31). The quantitative estimate of drug-likeness (QED) is 0.409. The summed E-state index contributed by atoms with van der Waals surface area (Å²) < 4.78 is 5.88. The van der Waals surface area contributed by atoms with Crippen LogP contribution in [-0.4, -0.2) is 16.8 Å². The SMILES string of the molecule is Cc1ccc2oc(C(=O)Nc3sc4c(c3C(=O)NCc3cccnc3)CCCC4)c(C)c2c1. The molecule has 0 atom stereocenters. The molecule has 5 rings (SSSR count). The Kier molecular flexibility index (Phi) is 5.72. The van der Waals surface area contributed by atoms with Crippen molar-refractivity contribution in [1.82, 2.24) is 10.3 Å². The summed E-state index contributed by atoms with van der Waals surface area (Å²) in [7, 11) is 0. The topological polar surface area (TPSA) is 84.2 Å². The lowest BCUT2D eigenvalue weighted by Crippen LogP contribution is -2.25. The van der Waals surface area contributed by atoms with E-state index in [4.69, 9.17) is 4.42 Å². The van der Waals surface area contributed by atoms with Crippen molar-refractivity contribution in [3.8, 4) is 0 Å². The van der Waals surface area contributed by atoms with Crippen molar-refractivity contribution in [2.24, 2.45) is 0 Å². The zero-order valence-corrected chi connectivity index (χ0v) is 19.5. The molecule has 2 amide bonds. The van der Waals surface area contributed by atoms with Crippen LogP contribution in [0.5, 0.6) is 0 Å². The van der Waals surface area contributed by atoms with Crippen LogP contribution in [0.1, 0.15) is 60.9 Å². The molecule has 2 N–H and O–H groups in total. The Morgan fingerprint density at radius 2 is 1.97 bits per heavy atom. The Hall–Kier alpha value is -3.45. The first-order chi connectivity index (χ1) is 16.0. The Morgan fingerprint density at radius 3 is 2.79 bits per heavy atom. The number of fused-ring (bicyclic) bond motifs is 2. The number of nitrogens with zero attached hydrogens (tertiary/aromatic N) is 1. The lowest BCUT2D eigenvalue weighted by Gasteiger charge is -2.13. The second-order valence-corrected chi connectivity index (χ2v) is 9.57. The fraction of sp³-hybridized carbons (Fsp3) is 0.269. The van der Waals surface area contributed by atoms with E-state index in [1.54, 1.807) is 12.4 Å². The van der Waals surface area contributed by atoms with Gasteiger partial charge in [0.05, 0.1) is 5.56 Å². The molecule has 0 bridgehead atoms. The number of hydrogen-bond donors (Lipinski definition) is 2. The Labute approximate surface area is 196 Å². The van der Waals surface area contributed by atoms with Crippen LogP contribution < -0.4 is 10.6 Å². The fourth-order valence-electron chi connectivity index (χ4n) is 4.38. The minimum absolute atomic E-state index is 0.175. The third kappa shape index (κ3) is 4.16. The third-order valence-corrected chi connectivity index (χ3v) is 7.31. The van der Waals surface area contributed by atoms with Gasteiger partial charge in [0.1, 0.15) is 10.6 Å². The summed E-state index contributed by atoms with van der Waals surface area (Å²) in [5.41, 5.74) is 5.16. The predicted molar refractivity (Wildman–Crippen MR) is 130 cm³/mol. The number of carbonyl (C=O) groups excluding carboxylic acids is 2. The smallest absolute Gasteiger partial charge is 0.292 e. The number of aromatic nitrogens is 1. The van der Waals surface area contributed by atoms with Crippen LogP contribution in [0, 0.1) is 13.8 Å². The van der Waals surface area contributed by atoms with Crippen LogP contribution in [0.2, 0.25) is 0 Å². The molecular weight excluding hydrogens is 434 g/mol. The highest BCUT2D eigenvalue weighted by atomic mass is 32.1. The summed E-state index contributed by atoms with van der Waals surface area (Å²) in [4.78, 5) is 31.7. The number of pyridine rings is 1. The van der Waals surface area contributed by atoms with E-state index < -0.39 is 0 Å². The Morgan fingerprint density at radius 1 is 1.12 bits per heavy atom. The molecule has 1 aliphatic carbocycles. The number of rotatable bonds is 5. The van der Waals surface area contributed by atoms with Crippen LogP contribution in [0.4, 0.5) is 5.00 Å². The van der Waals surface area contributed by atoms with Crippen molar-refractivity contribution < 1.29 is 14.0 Å². The fourth-order valence-corrected chi connectivity index (χ4v) is 5.66. The second-order valence-electron chi connectivity index (χ2n) is 8.47. The third-order valence-electron chi connectivity index (χ3n) is 6.10. The zero-order valence-electron chi connectivity index (χ0n) is 18.7. The zero-order chi connectivity index (χ0) is 22.9. The van der Waals surface area contributed by atoms with Crippen molar-refractivity contribution >= 4 is 39.1 Å². The summed E-state index contributed by atoms with van der Waals surface area (Å²) in [5.74, 6) is -0.226. The van der Waals surface area contributed by atoms with Crippen molar-refractivity contribution in [3.05, 3.63) is 81.2 Å². The maximum absolute atomic E-state index is 13.2. The molecule has 0 aliphatic heterocycles. The van der Waals surface area contributed by atoms with Gasteiger partial charge in [0.25, 0.3) is 11.8 Å². The Bertz CT molecular complexity index is 1350. The lowest BCUT2D eigenvalue weighted by molar-refractivity contribution is 0.0951. The average molecular weight is 460 g/mol. The molecule has 3 heterocycles. The highest BCUT2D eigenvalue weighted by Crippen LogP contribution is 2.39. The first-order valence-corrected chi connectivity index (χ1v) is 12.0. The van der Waals surface area contributed by atoms with Crippen molar-refractivity contribution in [2.75, 3.05) is 5.32 Å². The predicted octanol–water partition coefficient (Wildman–Crippen LogP) is 5.57. The largest absolute Gasteiger partial charge is 0.451 e. The summed E-state index contributed by atoms with van der Waals surface area (Å²) >= 11 is 1.50. The number of nitrogens with one attached hydrogen (secondary N) is 2. The minimum atomic E-state index is -0.332. The molecular formula is C26H25N3O3S. The van der Waals surface area contributed by atoms with Crippen LogP contribution in [-0.2, 0) is 19.4 Å². The van der Waals surface area contributed by atoms with E-state index in [0.717, 1.165) is 53.3 Å². The number of thiophene rings is 1. The van der Waals surface area contributed by atoms with E-state index in [-0.39, 0.29) is 17.6 Å². The van der Waals surface area contributed by atoms with Gasteiger partial charge in [-0.2, -0.15) is 0 Å². The summed E-state index contributed by atoms with van der Waals surface area (Å²) in [6.45, 7) is 4.28. The number of hydrogen-bond acceptors (Lipinski definition) is 5. The van der Waals surface area contributed by atoms with E-state index in [0.29, 0.717) is 22.7 Å². The van der Waals surface area contributed by atoms with Crippen LogP contribution >= 0.6 is 11.3 Å². The molecule has 3 aromatic heterocycles. The normalized spacial score (nSPS) is 13.0. The molecule has 0 spiro atoms. The number of furan rings is 1. The Balaban J connectivity index is 1.44. The first-order valence-electron chi connectivity index (χ1n) is 11.1. The van der Waals surface area contributed by atoms with Crippen molar-refractivity contribution in [3.63, 3.8) is 0 Å². The first kappa shape index (κ1) is 21.4. The van der Waals surface area contributed by atoms with E-state index >= 15 is 0 Å². The van der Waals surface area contributed by atoms with E-state index in [1.165, 1.54) is 16.2 Å². The van der Waals surface area contributed by atoms with Crippen LogP contribution in [0.25, 0.3) is 11.0 Å². The van der Waals surface area contributed by atoms with Crippen molar-refractivity contribution in [1.29, 1.82) is 0 Å². The van der Waals surface area contributed by atoms with Crippen LogP contribution in [0.15, 0.2) is 47.1 Å². The molecule has 1 aliphatic rings. The molecule has 0 fully saturated rings. The highest BCUT2D eigenvalue weighted by molar-refractivity contribution is 7.17. The lowest BCUT2D eigenvalue weighted by atomic mass is 9.95. The molecule has 0 saturated heterocycles. The van der Waals surface area contributed by atoms with Crippen LogP contribution in [0.3, 0.4) is 0 Å². The molecule has 0 unspecified atom stereocenters. The van der Waals surface area contributed by atoms with E-state index in [9.17, 15) is 9.59 Å². The minimum Gasteiger partial charge on any atom is -0.451 e. The monoisotopic (exact) mass is 459 g/mol. The maximum Gasteiger partial charge on any atom is 0.292 e. The van der Waals surface area contributed by atoms with Gasteiger partial charge in [0, 0.05) is 34.8 Å². The van der Waals surface area contributed by atoms with Gasteiger partial charge in [0.2, 0.25) is 0 Å². The van der Waals surface area contributed by atoms with Gasteiger partial charge in [-0.05, 0) is 68.9 Å². The summed E-state index contributed by atoms with van der Waals surface area (Å²) in [6, 6.07) is 9.63. The maximum atomic E-state index is 13.2. The molecule has 0 radical (unpaired) electrons. The van der Waals surface area contributed by atoms with Crippen molar-refractivity contribution in [2.45, 2.75) is 46.1 Å². The number of amides is 2. The summed E-state index contributed by atoms with van der Waals surface area (Å²) in [6.07, 6.45) is 7.36. The molecule has 4 aromatic rings. The van der Waals surface area contributed by atoms with Gasteiger partial charge < -0.3 is 15.1 Å². The molecule has 168 valence electrons. The molecule has 1 aromatic carbocycles. The highest BCUT2D eigenvalue weighted by Gasteiger charge is 2.28. The average Bonchev–Trinajstić information content (AvgIpc) is 3.35. The molecule has 7 heteroatoms. The van der Waals surface area contributed by atoms with Gasteiger partial charge in [-0.25, -0.2) is 0 Å². The molecule has 6 nitrogen and oxygen atoms in total. The number of anilines is 1. The molecule has 0 saturated carbocycles. The van der Waals surface area contributed by atoms with Gasteiger partial charge in [-0.3, -0.25) is 14.6 Å². The van der Waals surface area contributed by atoms with E-state index in [2.05, 4.69) is 15.6 Å². The number of carbonyl (C=O) groups is 2. The number of benzene rings is 1. The number of aryl methyl sites for hydroxylation is 3. The second kappa shape index (κ2) is 8.83. The van der Waals surface area contributed by atoms with E-state index in [1.807, 2.05) is 44.2 Å². The molecule has 33 heavy (non-hydrogen) atoms. The van der Waals surface area contributed by atoms with Gasteiger partial charge in [0.15, 0.2) is 5.76 Å². The summed E-state index contributed by atoms with van der Waals surface area (Å²) in [5, 5.41) is 7.51. The van der Waals surface area contributed by atoms with Gasteiger partial charge >= 0.3 is 0 Å².